The van der Waals surface area contributed by atoms with Gasteiger partial charge in [0.2, 0.25) is 0 Å². The molecule has 2 heterocycles. The van der Waals surface area contributed by atoms with Crippen LogP contribution in [0.2, 0.25) is 0 Å². The summed E-state index contributed by atoms with van der Waals surface area (Å²) in [4.78, 5) is 3.98. The molecule has 1 aliphatic heterocycles. The highest BCUT2D eigenvalue weighted by atomic mass is 79.9. The number of anilines is 1. The summed E-state index contributed by atoms with van der Waals surface area (Å²) in [7, 11) is 0. The standard InChI is InChI=1S/C11H14BrFN2O2/c12-8-5-9(13)10(14-6-8)15-11(7-16)1-3-17-4-2-11/h5-6,16H,1-4,7H2,(H,14,15). The van der Waals surface area contributed by atoms with E-state index in [-0.39, 0.29) is 12.4 Å². The van der Waals surface area contributed by atoms with E-state index in [2.05, 4.69) is 26.2 Å². The third-order valence-electron chi connectivity index (χ3n) is 2.94. The molecule has 0 atom stereocenters. The molecule has 0 radical (unpaired) electrons. The number of ether oxygens (including phenoxy) is 1. The van der Waals surface area contributed by atoms with Crippen molar-refractivity contribution in [2.75, 3.05) is 25.1 Å². The number of nitrogens with zero attached hydrogens (tertiary/aromatic N) is 1. The average molecular weight is 305 g/mol. The van der Waals surface area contributed by atoms with Crippen LogP contribution in [0.1, 0.15) is 12.8 Å². The molecule has 1 aliphatic rings. The highest BCUT2D eigenvalue weighted by Crippen LogP contribution is 2.26. The molecule has 17 heavy (non-hydrogen) atoms. The van der Waals surface area contributed by atoms with Crippen molar-refractivity contribution in [2.45, 2.75) is 18.4 Å². The number of rotatable bonds is 3. The Morgan fingerprint density at radius 2 is 2.24 bits per heavy atom. The van der Waals surface area contributed by atoms with Gasteiger partial charge in [0.05, 0.1) is 12.1 Å². The van der Waals surface area contributed by atoms with Crippen LogP contribution in [0.5, 0.6) is 0 Å². The van der Waals surface area contributed by atoms with E-state index in [1.807, 2.05) is 0 Å². The second kappa shape index (κ2) is 5.29. The van der Waals surface area contributed by atoms with Crippen LogP contribution in [0.25, 0.3) is 0 Å². The van der Waals surface area contributed by atoms with Gasteiger partial charge in [-0.1, -0.05) is 0 Å². The molecule has 0 aromatic carbocycles. The predicted octanol–water partition coefficient (Wildman–Crippen LogP) is 1.94. The average Bonchev–Trinajstić information content (AvgIpc) is 2.34. The van der Waals surface area contributed by atoms with Crippen LogP contribution in [0.15, 0.2) is 16.7 Å². The van der Waals surface area contributed by atoms with Crippen molar-refractivity contribution in [1.29, 1.82) is 0 Å². The topological polar surface area (TPSA) is 54.4 Å². The van der Waals surface area contributed by atoms with Crippen LogP contribution in [0.3, 0.4) is 0 Å². The fraction of sp³-hybridized carbons (Fsp3) is 0.545. The number of aliphatic hydroxyl groups is 1. The lowest BCUT2D eigenvalue weighted by Crippen LogP contribution is -2.47. The lowest BCUT2D eigenvalue weighted by molar-refractivity contribution is 0.0377. The molecular weight excluding hydrogens is 291 g/mol. The molecule has 2 N–H and O–H groups in total. The van der Waals surface area contributed by atoms with E-state index in [1.54, 1.807) is 0 Å². The van der Waals surface area contributed by atoms with Gasteiger partial charge in [-0.2, -0.15) is 0 Å². The summed E-state index contributed by atoms with van der Waals surface area (Å²) >= 11 is 3.15. The van der Waals surface area contributed by atoms with Crippen LogP contribution in [-0.4, -0.2) is 35.5 Å². The van der Waals surface area contributed by atoms with Crippen LogP contribution < -0.4 is 5.32 Å². The van der Waals surface area contributed by atoms with Crippen LogP contribution in [0.4, 0.5) is 10.2 Å². The third kappa shape index (κ3) is 2.94. The van der Waals surface area contributed by atoms with Crippen LogP contribution >= 0.6 is 15.9 Å². The number of hydrogen-bond donors (Lipinski definition) is 2. The van der Waals surface area contributed by atoms with Gasteiger partial charge in [0.15, 0.2) is 11.6 Å². The Kier molecular flexibility index (Phi) is 3.96. The molecule has 4 nitrogen and oxygen atoms in total. The van der Waals surface area contributed by atoms with E-state index in [0.29, 0.717) is 30.5 Å². The van der Waals surface area contributed by atoms with Gasteiger partial charge in [0, 0.05) is 23.9 Å². The lowest BCUT2D eigenvalue weighted by atomic mass is 9.91. The van der Waals surface area contributed by atoms with Gasteiger partial charge in [-0.05, 0) is 34.8 Å². The summed E-state index contributed by atoms with van der Waals surface area (Å²) in [5.74, 6) is -0.261. The zero-order chi connectivity index (χ0) is 12.3. The van der Waals surface area contributed by atoms with Gasteiger partial charge < -0.3 is 15.2 Å². The van der Waals surface area contributed by atoms with E-state index in [4.69, 9.17) is 4.74 Å². The van der Waals surface area contributed by atoms with Crippen molar-refractivity contribution in [3.05, 3.63) is 22.6 Å². The van der Waals surface area contributed by atoms with E-state index in [1.165, 1.54) is 12.3 Å². The lowest BCUT2D eigenvalue weighted by Gasteiger charge is -2.36. The summed E-state index contributed by atoms with van der Waals surface area (Å²) in [5, 5.41) is 12.5. The normalized spacial score (nSPS) is 19.0. The number of nitrogens with one attached hydrogen (secondary N) is 1. The maximum Gasteiger partial charge on any atom is 0.166 e. The summed E-state index contributed by atoms with van der Waals surface area (Å²) < 4.78 is 19.5. The molecule has 0 aliphatic carbocycles. The van der Waals surface area contributed by atoms with Gasteiger partial charge >= 0.3 is 0 Å². The molecule has 1 aromatic rings. The largest absolute Gasteiger partial charge is 0.394 e. The van der Waals surface area contributed by atoms with Crippen molar-refractivity contribution >= 4 is 21.7 Å². The third-order valence-corrected chi connectivity index (χ3v) is 3.38. The Balaban J connectivity index is 2.17. The smallest absolute Gasteiger partial charge is 0.166 e. The molecule has 1 fully saturated rings. The van der Waals surface area contributed by atoms with Gasteiger partial charge in [-0.15, -0.1) is 0 Å². The maximum atomic E-state index is 13.6. The Bertz CT molecular complexity index is 397. The van der Waals surface area contributed by atoms with Crippen LogP contribution in [0, 0.1) is 5.82 Å². The quantitative estimate of drug-likeness (QED) is 0.896. The number of hydrogen-bond acceptors (Lipinski definition) is 4. The minimum atomic E-state index is -0.528. The molecular formula is C11H14BrFN2O2. The predicted molar refractivity (Wildman–Crippen MR) is 65.4 cm³/mol. The summed E-state index contributed by atoms with van der Waals surface area (Å²) in [6.45, 7) is 1.06. The first kappa shape index (κ1) is 12.7. The molecule has 0 saturated carbocycles. The Labute approximate surface area is 107 Å². The molecule has 94 valence electrons. The molecule has 6 heteroatoms. The number of aromatic nitrogens is 1. The molecule has 1 aromatic heterocycles. The van der Waals surface area contributed by atoms with Crippen molar-refractivity contribution in [3.8, 4) is 0 Å². The van der Waals surface area contributed by atoms with Gasteiger partial charge in [0.1, 0.15) is 0 Å². The van der Waals surface area contributed by atoms with E-state index < -0.39 is 11.4 Å². The summed E-state index contributed by atoms with van der Waals surface area (Å²) in [5.41, 5.74) is -0.528. The van der Waals surface area contributed by atoms with E-state index in [0.717, 1.165) is 0 Å². The second-order valence-corrected chi connectivity index (χ2v) is 5.08. The van der Waals surface area contributed by atoms with Crippen molar-refractivity contribution < 1.29 is 14.2 Å². The zero-order valence-electron chi connectivity index (χ0n) is 9.25. The first-order valence-electron chi connectivity index (χ1n) is 5.43. The van der Waals surface area contributed by atoms with Gasteiger partial charge in [-0.3, -0.25) is 0 Å². The van der Waals surface area contributed by atoms with Crippen LogP contribution in [-0.2, 0) is 4.74 Å². The fourth-order valence-electron chi connectivity index (χ4n) is 1.84. The highest BCUT2D eigenvalue weighted by Gasteiger charge is 2.32. The van der Waals surface area contributed by atoms with E-state index in [9.17, 15) is 9.50 Å². The Hall–Kier alpha value is -0.720. The van der Waals surface area contributed by atoms with E-state index >= 15 is 0 Å². The molecule has 1 saturated heterocycles. The van der Waals surface area contributed by atoms with Crippen molar-refractivity contribution in [1.82, 2.24) is 4.98 Å². The first-order chi connectivity index (χ1) is 8.15. The molecule has 0 spiro atoms. The molecule has 0 bridgehead atoms. The highest BCUT2D eigenvalue weighted by molar-refractivity contribution is 9.10. The van der Waals surface area contributed by atoms with Crippen molar-refractivity contribution in [2.24, 2.45) is 0 Å². The van der Waals surface area contributed by atoms with Crippen molar-refractivity contribution in [3.63, 3.8) is 0 Å². The molecule has 2 rings (SSSR count). The molecule has 0 amide bonds. The molecule has 0 unspecified atom stereocenters. The maximum absolute atomic E-state index is 13.6. The fourth-order valence-corrected chi connectivity index (χ4v) is 2.15. The second-order valence-electron chi connectivity index (χ2n) is 4.16. The first-order valence-corrected chi connectivity index (χ1v) is 6.22. The zero-order valence-corrected chi connectivity index (χ0v) is 10.8. The minimum absolute atomic E-state index is 0.0620. The Morgan fingerprint density at radius 3 is 2.82 bits per heavy atom. The monoisotopic (exact) mass is 304 g/mol. The number of pyridine rings is 1. The SMILES string of the molecule is OCC1(Nc2ncc(Br)cc2F)CCOCC1. The Morgan fingerprint density at radius 1 is 1.53 bits per heavy atom. The number of halogens is 2. The summed E-state index contributed by atoms with van der Waals surface area (Å²) in [6, 6.07) is 1.35. The minimum Gasteiger partial charge on any atom is -0.394 e. The van der Waals surface area contributed by atoms with Gasteiger partial charge in [0.25, 0.3) is 0 Å². The van der Waals surface area contributed by atoms with Gasteiger partial charge in [-0.25, -0.2) is 9.37 Å². The number of aliphatic hydroxyl groups excluding tert-OH is 1. The summed E-state index contributed by atoms with van der Waals surface area (Å²) in [6.07, 6.45) is 2.80.